The first-order chi connectivity index (χ1) is 18.0. The van der Waals surface area contributed by atoms with Crippen molar-refractivity contribution in [1.29, 1.82) is 0 Å². The van der Waals surface area contributed by atoms with Crippen LogP contribution < -0.4 is 10.6 Å². The Balaban J connectivity index is 1.19. The second kappa shape index (κ2) is 9.72. The van der Waals surface area contributed by atoms with Crippen molar-refractivity contribution in [3.63, 3.8) is 0 Å². The van der Waals surface area contributed by atoms with Crippen LogP contribution in [0.25, 0.3) is 27.9 Å². The molecule has 3 aromatic carbocycles. The maximum absolute atomic E-state index is 12.6. The number of carbonyl (C=O) groups excluding carboxylic acids is 1. The van der Waals surface area contributed by atoms with Gasteiger partial charge in [0, 0.05) is 34.3 Å². The first kappa shape index (κ1) is 23.3. The van der Waals surface area contributed by atoms with Gasteiger partial charge in [0.1, 0.15) is 11.4 Å². The van der Waals surface area contributed by atoms with Crippen LogP contribution in [0.15, 0.2) is 100 Å². The Bertz CT molecular complexity index is 1730. The van der Waals surface area contributed by atoms with E-state index in [9.17, 15) is 4.79 Å². The van der Waals surface area contributed by atoms with Crippen LogP contribution in [0.2, 0.25) is 5.02 Å². The van der Waals surface area contributed by atoms with Crippen molar-refractivity contribution in [3.05, 3.63) is 112 Å². The van der Waals surface area contributed by atoms with Gasteiger partial charge < -0.3 is 15.1 Å². The second-order valence-electron chi connectivity index (χ2n) is 8.39. The fourth-order valence-corrected chi connectivity index (χ4v) is 4.63. The number of para-hydroxylation sites is 1. The summed E-state index contributed by atoms with van der Waals surface area (Å²) in [5.41, 5.74) is 4.65. The molecule has 0 atom stereocenters. The van der Waals surface area contributed by atoms with Crippen LogP contribution in [0.5, 0.6) is 0 Å². The van der Waals surface area contributed by atoms with Gasteiger partial charge in [-0.05, 0) is 51.8 Å². The molecule has 182 valence electrons. The molecule has 0 aliphatic carbocycles. The molecule has 0 fully saturated rings. The van der Waals surface area contributed by atoms with Gasteiger partial charge in [0.15, 0.2) is 11.4 Å². The van der Waals surface area contributed by atoms with E-state index in [1.165, 1.54) is 0 Å². The lowest BCUT2D eigenvalue weighted by Crippen LogP contribution is -2.11. The average molecular weight is 573 g/mol. The average Bonchev–Trinajstić information content (AvgIpc) is 3.52. The fourth-order valence-electron chi connectivity index (χ4n) is 4.05. The molecule has 0 radical (unpaired) electrons. The molecule has 0 aliphatic heterocycles. The van der Waals surface area contributed by atoms with E-state index >= 15 is 0 Å². The maximum atomic E-state index is 12.6. The Kier molecular flexibility index (Phi) is 6.12. The Labute approximate surface area is 225 Å². The fraction of sp³-hybridized carbons (Fsp3) is 0.0357. The van der Waals surface area contributed by atoms with Crippen LogP contribution in [0.1, 0.15) is 16.1 Å². The smallest absolute Gasteiger partial charge is 0.291 e. The van der Waals surface area contributed by atoms with E-state index in [1.807, 2.05) is 78.9 Å². The molecule has 0 spiro atoms. The van der Waals surface area contributed by atoms with Crippen molar-refractivity contribution < 1.29 is 9.21 Å². The summed E-state index contributed by atoms with van der Waals surface area (Å²) in [5.74, 6) is 0.749. The highest BCUT2D eigenvalue weighted by atomic mass is 79.9. The van der Waals surface area contributed by atoms with Crippen LogP contribution in [-0.2, 0) is 6.54 Å². The molecule has 2 N–H and O–H groups in total. The lowest BCUT2D eigenvalue weighted by molar-refractivity contribution is 0.0998. The molecule has 0 aliphatic rings. The number of fused-ring (bicyclic) bond motifs is 2. The highest BCUT2D eigenvalue weighted by molar-refractivity contribution is 9.10. The lowest BCUT2D eigenvalue weighted by atomic mass is 10.1. The summed E-state index contributed by atoms with van der Waals surface area (Å²) in [6, 6.07) is 26.4. The molecule has 0 saturated heterocycles. The first-order valence-corrected chi connectivity index (χ1v) is 12.6. The number of anilines is 2. The van der Waals surface area contributed by atoms with Crippen LogP contribution in [-0.4, -0.2) is 20.5 Å². The predicted molar refractivity (Wildman–Crippen MR) is 149 cm³/mol. The van der Waals surface area contributed by atoms with Gasteiger partial charge in [0.25, 0.3) is 5.91 Å². The molecule has 3 aromatic heterocycles. The number of carbonyl (C=O) groups is 1. The van der Waals surface area contributed by atoms with Crippen LogP contribution in [0.3, 0.4) is 0 Å². The summed E-state index contributed by atoms with van der Waals surface area (Å²) < 4.78 is 8.18. The van der Waals surface area contributed by atoms with Crippen molar-refractivity contribution in [1.82, 2.24) is 14.6 Å². The normalized spacial score (nSPS) is 11.2. The van der Waals surface area contributed by atoms with E-state index in [0.717, 1.165) is 32.5 Å². The number of nitrogens with zero attached hydrogens (tertiary/aromatic N) is 3. The van der Waals surface area contributed by atoms with Gasteiger partial charge in [0.05, 0.1) is 16.4 Å². The largest absolute Gasteiger partial charge is 0.451 e. The third-order valence-electron chi connectivity index (χ3n) is 5.91. The van der Waals surface area contributed by atoms with Gasteiger partial charge in [-0.25, -0.2) is 4.98 Å². The Morgan fingerprint density at radius 3 is 2.59 bits per heavy atom. The maximum Gasteiger partial charge on any atom is 0.291 e. The molecular weight excluding hydrogens is 554 g/mol. The van der Waals surface area contributed by atoms with Gasteiger partial charge in [-0.15, -0.1) is 0 Å². The molecule has 9 heteroatoms. The highest BCUT2D eigenvalue weighted by Crippen LogP contribution is 2.30. The number of nitrogens with one attached hydrogen (secondary N) is 2. The zero-order chi connectivity index (χ0) is 25.4. The third kappa shape index (κ3) is 4.69. The number of furan rings is 1. The predicted octanol–water partition coefficient (Wildman–Crippen LogP) is 7.42. The van der Waals surface area contributed by atoms with Crippen molar-refractivity contribution >= 4 is 61.6 Å². The third-order valence-corrected chi connectivity index (χ3v) is 6.80. The zero-order valence-corrected chi connectivity index (χ0v) is 21.6. The van der Waals surface area contributed by atoms with Gasteiger partial charge >= 0.3 is 0 Å². The molecule has 0 unspecified atom stereocenters. The molecule has 1 amide bonds. The second-order valence-corrected chi connectivity index (χ2v) is 9.65. The summed E-state index contributed by atoms with van der Waals surface area (Å²) in [4.78, 5) is 17.4. The van der Waals surface area contributed by atoms with Gasteiger partial charge in [0.2, 0.25) is 0 Å². The minimum absolute atomic E-state index is 0.272. The van der Waals surface area contributed by atoms with Gasteiger partial charge in [-0.3, -0.25) is 4.79 Å². The van der Waals surface area contributed by atoms with Crippen LogP contribution >= 0.6 is 27.5 Å². The first-order valence-electron chi connectivity index (χ1n) is 11.5. The molecule has 3 heterocycles. The quantitative estimate of drug-likeness (QED) is 0.217. The zero-order valence-electron chi connectivity index (χ0n) is 19.3. The number of hydrogen-bond donors (Lipinski definition) is 2. The number of hydrogen-bond acceptors (Lipinski definition) is 5. The number of benzene rings is 3. The highest BCUT2D eigenvalue weighted by Gasteiger charge is 2.14. The van der Waals surface area contributed by atoms with Crippen molar-refractivity contribution in [3.8, 4) is 11.3 Å². The lowest BCUT2D eigenvalue weighted by Gasteiger charge is -2.12. The molecular formula is C28H19BrClN5O2. The molecule has 0 bridgehead atoms. The summed E-state index contributed by atoms with van der Waals surface area (Å²) in [5, 5.41) is 12.3. The van der Waals surface area contributed by atoms with Crippen LogP contribution in [0, 0.1) is 0 Å². The Hall–Kier alpha value is -4.14. The minimum atomic E-state index is -0.294. The van der Waals surface area contributed by atoms with E-state index in [2.05, 4.69) is 31.7 Å². The summed E-state index contributed by atoms with van der Waals surface area (Å²) in [6.45, 7) is 0.538. The van der Waals surface area contributed by atoms with Crippen molar-refractivity contribution in [2.45, 2.75) is 6.54 Å². The van der Waals surface area contributed by atoms with E-state index in [-0.39, 0.29) is 11.7 Å². The number of amides is 1. The monoisotopic (exact) mass is 571 g/mol. The van der Waals surface area contributed by atoms with E-state index in [4.69, 9.17) is 21.0 Å². The molecule has 6 rings (SSSR count). The topological polar surface area (TPSA) is 84.5 Å². The number of rotatable bonds is 6. The molecule has 6 aromatic rings. The number of halogens is 2. The number of aromatic nitrogens is 3. The summed E-state index contributed by atoms with van der Waals surface area (Å²) in [6.07, 6.45) is 1.71. The van der Waals surface area contributed by atoms with Gasteiger partial charge in [-0.1, -0.05) is 60.1 Å². The molecule has 7 nitrogen and oxygen atoms in total. The van der Waals surface area contributed by atoms with Gasteiger partial charge in [-0.2, -0.15) is 9.61 Å². The Morgan fingerprint density at radius 2 is 1.78 bits per heavy atom. The SMILES string of the molecule is O=C(Nc1ccc(CNc2cc(-c3ccccc3Cl)nc3c(Br)cnn23)cc1)c1cc2ccccc2o1. The van der Waals surface area contributed by atoms with E-state index in [0.29, 0.717) is 28.5 Å². The van der Waals surface area contributed by atoms with Crippen molar-refractivity contribution in [2.24, 2.45) is 0 Å². The van der Waals surface area contributed by atoms with E-state index in [1.54, 1.807) is 16.8 Å². The minimum Gasteiger partial charge on any atom is -0.451 e. The summed E-state index contributed by atoms with van der Waals surface area (Å²) in [7, 11) is 0. The molecule has 37 heavy (non-hydrogen) atoms. The standard InChI is InChI=1S/C28H19BrClN5O2/c29-21-16-32-35-26(14-23(34-27(21)35)20-6-2-3-7-22(20)30)31-15-17-9-11-19(12-10-17)33-28(36)25-13-18-5-1-4-8-24(18)37-25/h1-14,16,31H,15H2,(H,33,36). The summed E-state index contributed by atoms with van der Waals surface area (Å²) >= 11 is 9.96. The Morgan fingerprint density at radius 1 is 1.00 bits per heavy atom. The van der Waals surface area contributed by atoms with Crippen molar-refractivity contribution in [2.75, 3.05) is 10.6 Å². The van der Waals surface area contributed by atoms with Crippen LogP contribution in [0.4, 0.5) is 11.5 Å². The molecule has 0 saturated carbocycles. The van der Waals surface area contributed by atoms with E-state index < -0.39 is 0 Å².